The Morgan fingerprint density at radius 1 is 0.861 bits per heavy atom. The summed E-state index contributed by atoms with van der Waals surface area (Å²) in [5.41, 5.74) is 3.58. The van der Waals surface area contributed by atoms with E-state index in [0.29, 0.717) is 24.4 Å². The number of piperazine rings is 1. The summed E-state index contributed by atoms with van der Waals surface area (Å²) < 4.78 is 7.14. The van der Waals surface area contributed by atoms with Crippen LogP contribution in [0.2, 0.25) is 0 Å². The number of nitrogens with one attached hydrogen (secondary N) is 1. The van der Waals surface area contributed by atoms with Gasteiger partial charge in [0, 0.05) is 55.2 Å². The number of rotatable bonds is 8. The minimum absolute atomic E-state index is 0.194. The van der Waals surface area contributed by atoms with Crippen LogP contribution in [0.5, 0.6) is 5.75 Å². The Labute approximate surface area is 219 Å². The smallest absolute Gasteiger partial charge is 0.248 e. The number of aromatic nitrogens is 1. The number of H-pyrrole nitrogens is 1. The maximum atomic E-state index is 12.1. The van der Waals surface area contributed by atoms with Gasteiger partial charge in [-0.25, -0.2) is 0 Å². The van der Waals surface area contributed by atoms with Gasteiger partial charge in [0.25, 0.3) is 0 Å². The Kier molecular flexibility index (Phi) is 7.82. The van der Waals surface area contributed by atoms with Crippen molar-refractivity contribution in [1.29, 1.82) is 0 Å². The summed E-state index contributed by atoms with van der Waals surface area (Å²) in [7, 11) is 0. The number of β-amino-alcohol motifs (C(OH)–C–C–N with tert-alkyl or cyclic N) is 1. The summed E-state index contributed by atoms with van der Waals surface area (Å²) in [6.45, 7) is 5.61. The van der Waals surface area contributed by atoms with Crippen molar-refractivity contribution >= 4 is 26.8 Å². The molecule has 1 atom stereocenters. The van der Waals surface area contributed by atoms with Crippen molar-refractivity contribution in [2.45, 2.75) is 19.3 Å². The number of benzene rings is 3. The molecule has 1 aromatic heterocycles. The van der Waals surface area contributed by atoms with Crippen LogP contribution in [0.3, 0.4) is 0 Å². The molecule has 1 fully saturated rings. The number of pyridine rings is 1. The molecule has 2 heterocycles. The van der Waals surface area contributed by atoms with Crippen LogP contribution in [0.1, 0.15) is 22.8 Å². The second kappa shape index (κ2) is 11.4. The fourth-order valence-corrected chi connectivity index (χ4v) is 4.98. The first kappa shape index (κ1) is 24.7. The highest BCUT2D eigenvalue weighted by Crippen LogP contribution is 2.31. The quantitative estimate of drug-likeness (QED) is 0.334. The highest BCUT2D eigenvalue weighted by Gasteiger charge is 2.22. The maximum absolute atomic E-state index is 12.1. The third-order valence-electron chi connectivity index (χ3n) is 6.70. The molecule has 1 unspecified atom stereocenters. The van der Waals surface area contributed by atoms with Crippen molar-refractivity contribution < 1.29 is 9.84 Å². The molecule has 0 bridgehead atoms. The first-order valence-electron chi connectivity index (χ1n) is 12.2. The van der Waals surface area contributed by atoms with E-state index >= 15 is 0 Å². The number of aromatic amines is 1. The lowest BCUT2D eigenvalue weighted by molar-refractivity contribution is 0.0707. The summed E-state index contributed by atoms with van der Waals surface area (Å²) >= 11 is 3.49. The van der Waals surface area contributed by atoms with Gasteiger partial charge in [0.1, 0.15) is 12.4 Å². The minimum atomic E-state index is -0.667. The molecular weight excluding hydrogens is 518 g/mol. The molecule has 5 rings (SSSR count). The molecule has 4 aromatic rings. The van der Waals surface area contributed by atoms with Gasteiger partial charge in [0.05, 0.1) is 11.6 Å². The summed E-state index contributed by atoms with van der Waals surface area (Å²) in [5, 5.41) is 12.0. The third-order valence-corrected chi connectivity index (χ3v) is 7.23. The Balaban J connectivity index is 1.24. The number of hydrogen-bond acceptors (Lipinski definition) is 5. The Hall–Kier alpha value is -2.97. The molecular formula is C29H30BrN3O3. The maximum Gasteiger partial charge on any atom is 0.248 e. The molecule has 0 spiro atoms. The number of halogens is 1. The van der Waals surface area contributed by atoms with Crippen molar-refractivity contribution in [3.63, 3.8) is 0 Å². The lowest BCUT2D eigenvalue weighted by Gasteiger charge is -2.35. The first-order valence-corrected chi connectivity index (χ1v) is 13.0. The van der Waals surface area contributed by atoms with Gasteiger partial charge in [-0.1, -0.05) is 64.5 Å². The van der Waals surface area contributed by atoms with Crippen LogP contribution in [-0.2, 0) is 13.2 Å². The molecule has 1 saturated heterocycles. The van der Waals surface area contributed by atoms with Gasteiger partial charge in [0.15, 0.2) is 0 Å². The van der Waals surface area contributed by atoms with Gasteiger partial charge in [-0.3, -0.25) is 14.6 Å². The van der Waals surface area contributed by atoms with Crippen LogP contribution in [-0.4, -0.2) is 52.6 Å². The topological polar surface area (TPSA) is 68.8 Å². The minimum Gasteiger partial charge on any atom is -0.487 e. The summed E-state index contributed by atoms with van der Waals surface area (Å²) in [4.78, 5) is 19.8. The van der Waals surface area contributed by atoms with Crippen molar-refractivity contribution in [2.75, 3.05) is 32.7 Å². The lowest BCUT2D eigenvalue weighted by Crippen LogP contribution is -2.47. The van der Waals surface area contributed by atoms with Crippen molar-refractivity contribution in [1.82, 2.24) is 14.8 Å². The van der Waals surface area contributed by atoms with Crippen LogP contribution in [0.15, 0.2) is 88.1 Å². The molecule has 0 amide bonds. The molecule has 6 nitrogen and oxygen atoms in total. The summed E-state index contributed by atoms with van der Waals surface area (Å²) in [6.07, 6.45) is -0.667. The lowest BCUT2D eigenvalue weighted by atomic mass is 10.0. The molecule has 3 aromatic carbocycles. The van der Waals surface area contributed by atoms with E-state index in [-0.39, 0.29) is 5.56 Å². The molecule has 7 heteroatoms. The first-order chi connectivity index (χ1) is 17.5. The van der Waals surface area contributed by atoms with Crippen LogP contribution in [0.4, 0.5) is 0 Å². The standard InChI is InChI=1S/C29H30BrN3O3/c30-23-8-6-21(7-9-23)18-32-14-16-33(17-15-32)19-26(34)24-10-12-27(29-25(24)11-13-28(35)31-29)36-20-22-4-2-1-3-5-22/h1-13,26,34H,14-20H2,(H,31,35). The van der Waals surface area contributed by atoms with Gasteiger partial charge in [-0.05, 0) is 41.0 Å². The molecule has 36 heavy (non-hydrogen) atoms. The van der Waals surface area contributed by atoms with Gasteiger partial charge < -0.3 is 14.8 Å². The van der Waals surface area contributed by atoms with E-state index in [0.717, 1.165) is 53.7 Å². The van der Waals surface area contributed by atoms with Crippen molar-refractivity contribution in [2.24, 2.45) is 0 Å². The Morgan fingerprint density at radius 3 is 2.33 bits per heavy atom. The highest BCUT2D eigenvalue weighted by molar-refractivity contribution is 9.10. The number of aliphatic hydroxyl groups is 1. The summed E-state index contributed by atoms with van der Waals surface area (Å²) in [6, 6.07) is 25.4. The molecule has 0 saturated carbocycles. The summed E-state index contributed by atoms with van der Waals surface area (Å²) in [5.74, 6) is 0.601. The zero-order valence-electron chi connectivity index (χ0n) is 20.1. The van der Waals surface area contributed by atoms with Crippen LogP contribution < -0.4 is 10.3 Å². The predicted octanol–water partition coefficient (Wildman–Crippen LogP) is 4.72. The SMILES string of the molecule is O=c1ccc2c(C(O)CN3CCN(Cc4ccc(Br)cc4)CC3)ccc(OCc3ccccc3)c2[nH]1. The van der Waals surface area contributed by atoms with Gasteiger partial charge in [-0.15, -0.1) is 0 Å². The molecule has 0 aliphatic carbocycles. The van der Waals surface area contributed by atoms with Crippen molar-refractivity contribution in [3.8, 4) is 5.75 Å². The number of aliphatic hydroxyl groups excluding tert-OH is 1. The van der Waals surface area contributed by atoms with Crippen molar-refractivity contribution in [3.05, 3.63) is 110 Å². The molecule has 1 aliphatic heterocycles. The highest BCUT2D eigenvalue weighted by atomic mass is 79.9. The van der Waals surface area contributed by atoms with Crippen LogP contribution >= 0.6 is 15.9 Å². The Bertz CT molecular complexity index is 1350. The van der Waals surface area contributed by atoms with Gasteiger partial charge in [-0.2, -0.15) is 0 Å². The van der Waals surface area contributed by atoms with Gasteiger partial charge >= 0.3 is 0 Å². The molecule has 186 valence electrons. The Morgan fingerprint density at radius 2 is 1.58 bits per heavy atom. The third kappa shape index (κ3) is 6.05. The van der Waals surface area contributed by atoms with Crippen LogP contribution in [0.25, 0.3) is 10.9 Å². The van der Waals surface area contributed by atoms with E-state index in [1.54, 1.807) is 6.07 Å². The second-order valence-corrected chi connectivity index (χ2v) is 10.2. The number of fused-ring (bicyclic) bond motifs is 1. The van der Waals surface area contributed by atoms with E-state index in [4.69, 9.17) is 4.74 Å². The van der Waals surface area contributed by atoms with Crippen LogP contribution in [0, 0.1) is 0 Å². The van der Waals surface area contributed by atoms with E-state index in [1.807, 2.05) is 42.5 Å². The number of ether oxygens (including phenoxy) is 1. The van der Waals surface area contributed by atoms with E-state index < -0.39 is 6.10 Å². The number of hydrogen-bond donors (Lipinski definition) is 2. The zero-order valence-corrected chi connectivity index (χ0v) is 21.7. The fraction of sp³-hybridized carbons (Fsp3) is 0.276. The van der Waals surface area contributed by atoms with E-state index in [2.05, 4.69) is 55.0 Å². The average Bonchev–Trinajstić information content (AvgIpc) is 2.90. The predicted molar refractivity (Wildman–Crippen MR) is 146 cm³/mol. The van der Waals surface area contributed by atoms with E-state index in [1.165, 1.54) is 11.6 Å². The number of nitrogens with zero attached hydrogens (tertiary/aromatic N) is 2. The average molecular weight is 548 g/mol. The van der Waals surface area contributed by atoms with Gasteiger partial charge in [0.2, 0.25) is 5.56 Å². The zero-order chi connectivity index (χ0) is 24.9. The largest absolute Gasteiger partial charge is 0.487 e. The molecule has 2 N–H and O–H groups in total. The monoisotopic (exact) mass is 547 g/mol. The molecule has 0 radical (unpaired) electrons. The van der Waals surface area contributed by atoms with E-state index in [9.17, 15) is 9.90 Å². The molecule has 1 aliphatic rings. The second-order valence-electron chi connectivity index (χ2n) is 9.26. The fourth-order valence-electron chi connectivity index (χ4n) is 4.72. The normalized spacial score (nSPS) is 15.7.